The third kappa shape index (κ3) is 3.41. The van der Waals surface area contributed by atoms with E-state index in [9.17, 15) is 41.0 Å². The predicted molar refractivity (Wildman–Crippen MR) is 71.0 cm³/mol. The molecule has 1 aromatic rings. The van der Waals surface area contributed by atoms with Crippen molar-refractivity contribution in [2.75, 3.05) is 0 Å². The molecule has 2 rings (SSSR count). The van der Waals surface area contributed by atoms with Crippen molar-refractivity contribution >= 4 is 11.8 Å². The number of halogens is 6. The van der Waals surface area contributed by atoms with Crippen LogP contribution >= 0.6 is 0 Å². The van der Waals surface area contributed by atoms with Crippen LogP contribution in [0, 0.1) is 5.92 Å². The van der Waals surface area contributed by atoms with Crippen molar-refractivity contribution in [3.63, 3.8) is 0 Å². The molecule has 1 aliphatic heterocycles. The summed E-state index contributed by atoms with van der Waals surface area (Å²) in [6.45, 7) is 0.775. The molecule has 5 nitrogen and oxygen atoms in total. The van der Waals surface area contributed by atoms with Crippen LogP contribution in [0.3, 0.4) is 0 Å². The molecule has 1 saturated heterocycles. The lowest BCUT2D eigenvalue weighted by atomic mass is 9.79. The molecule has 138 valence electrons. The highest BCUT2D eigenvalue weighted by Gasteiger charge is 2.65. The number of amides is 2. The molecule has 11 heteroatoms. The number of alkyl halides is 6. The lowest BCUT2D eigenvalue weighted by Crippen LogP contribution is -2.72. The maximum atomic E-state index is 13.2. The lowest BCUT2D eigenvalue weighted by Gasteiger charge is -2.44. The van der Waals surface area contributed by atoms with Gasteiger partial charge in [0.05, 0.1) is 17.5 Å². The Morgan fingerprint density at radius 3 is 2.04 bits per heavy atom. The number of carbonyl (C=O) groups is 2. The minimum atomic E-state index is -5.38. The summed E-state index contributed by atoms with van der Waals surface area (Å²) in [5.74, 6) is -3.31. The van der Waals surface area contributed by atoms with Gasteiger partial charge in [-0.2, -0.15) is 26.3 Å². The SMILES string of the molecule is CC(=O)[C@@H]1[C@@H](c2ccc(C(F)(F)F)cc2)NC(=O)N[C@@]1(O)C(F)(F)F. The van der Waals surface area contributed by atoms with Gasteiger partial charge in [0.15, 0.2) is 0 Å². The van der Waals surface area contributed by atoms with Crippen LogP contribution in [0.25, 0.3) is 0 Å². The summed E-state index contributed by atoms with van der Waals surface area (Å²) in [6, 6.07) is -0.194. The molecule has 0 unspecified atom stereocenters. The average molecular weight is 370 g/mol. The zero-order valence-corrected chi connectivity index (χ0v) is 12.5. The number of aliphatic hydroxyl groups is 1. The van der Waals surface area contributed by atoms with E-state index in [1.54, 1.807) is 0 Å². The molecule has 0 saturated carbocycles. The summed E-state index contributed by atoms with van der Waals surface area (Å²) in [5.41, 5.74) is -5.10. The molecule has 3 N–H and O–H groups in total. The highest BCUT2D eigenvalue weighted by atomic mass is 19.4. The number of carbonyl (C=O) groups excluding carboxylic acids is 2. The Morgan fingerprint density at radius 2 is 1.64 bits per heavy atom. The first-order valence-corrected chi connectivity index (χ1v) is 6.83. The van der Waals surface area contributed by atoms with E-state index in [1.807, 2.05) is 5.32 Å². The highest BCUT2D eigenvalue weighted by Crippen LogP contribution is 2.43. The van der Waals surface area contributed by atoms with E-state index < -0.39 is 47.4 Å². The Morgan fingerprint density at radius 1 is 1.12 bits per heavy atom. The highest BCUT2D eigenvalue weighted by molar-refractivity contribution is 5.86. The zero-order chi connectivity index (χ0) is 19.2. The molecule has 25 heavy (non-hydrogen) atoms. The van der Waals surface area contributed by atoms with E-state index in [0.717, 1.165) is 19.1 Å². The van der Waals surface area contributed by atoms with Crippen molar-refractivity contribution in [1.82, 2.24) is 10.6 Å². The number of hydrogen-bond donors (Lipinski definition) is 3. The van der Waals surface area contributed by atoms with Crippen LogP contribution in [-0.4, -0.2) is 28.8 Å². The molecular weight excluding hydrogens is 358 g/mol. The second kappa shape index (κ2) is 5.90. The average Bonchev–Trinajstić information content (AvgIpc) is 2.44. The Balaban J connectivity index is 2.51. The van der Waals surface area contributed by atoms with Crippen LogP contribution < -0.4 is 10.6 Å². The van der Waals surface area contributed by atoms with Crippen LogP contribution in [0.4, 0.5) is 31.1 Å². The molecule has 3 atom stereocenters. The van der Waals surface area contributed by atoms with Crippen molar-refractivity contribution in [1.29, 1.82) is 0 Å². The topological polar surface area (TPSA) is 78.4 Å². The van der Waals surface area contributed by atoms with Gasteiger partial charge < -0.3 is 15.7 Å². The van der Waals surface area contributed by atoms with Gasteiger partial charge in [0.25, 0.3) is 0 Å². The normalized spacial score (nSPS) is 27.4. The Bertz CT molecular complexity index is 685. The quantitative estimate of drug-likeness (QED) is 0.700. The molecule has 0 aliphatic carbocycles. The van der Waals surface area contributed by atoms with E-state index in [1.165, 1.54) is 5.32 Å². The fraction of sp³-hybridized carbons (Fsp3) is 0.429. The lowest BCUT2D eigenvalue weighted by molar-refractivity contribution is -0.290. The molecule has 0 aromatic heterocycles. The molecule has 1 aliphatic rings. The summed E-state index contributed by atoms with van der Waals surface area (Å²) >= 11 is 0. The van der Waals surface area contributed by atoms with Gasteiger partial charge in [0.2, 0.25) is 5.72 Å². The third-order valence-corrected chi connectivity index (χ3v) is 3.84. The van der Waals surface area contributed by atoms with Crippen molar-refractivity contribution in [3.8, 4) is 0 Å². The maximum Gasteiger partial charge on any atom is 0.437 e. The number of Topliss-reactive ketones (excluding diaryl/α,β-unsaturated/α-hetero) is 1. The molecule has 1 fully saturated rings. The van der Waals surface area contributed by atoms with E-state index in [0.29, 0.717) is 12.1 Å². The van der Waals surface area contributed by atoms with Crippen LogP contribution in [0.2, 0.25) is 0 Å². The fourth-order valence-electron chi connectivity index (χ4n) is 2.68. The number of ketones is 1. The zero-order valence-electron chi connectivity index (χ0n) is 12.5. The summed E-state index contributed by atoms with van der Waals surface area (Å²) in [6.07, 6.45) is -10.0. The van der Waals surface area contributed by atoms with Crippen molar-refractivity contribution in [2.24, 2.45) is 5.92 Å². The largest absolute Gasteiger partial charge is 0.437 e. The molecular formula is C14H12F6N2O3. The number of rotatable bonds is 2. The predicted octanol–water partition coefficient (Wildman–Crippen LogP) is 2.52. The van der Waals surface area contributed by atoms with Gasteiger partial charge in [-0.1, -0.05) is 12.1 Å². The third-order valence-electron chi connectivity index (χ3n) is 3.84. The molecule has 0 spiro atoms. The molecule has 0 bridgehead atoms. The molecule has 1 aromatic carbocycles. The van der Waals surface area contributed by atoms with Gasteiger partial charge in [-0.05, 0) is 24.6 Å². The first-order valence-electron chi connectivity index (χ1n) is 6.83. The van der Waals surface area contributed by atoms with E-state index in [-0.39, 0.29) is 5.56 Å². The first-order chi connectivity index (χ1) is 11.3. The minimum Gasteiger partial charge on any atom is -0.363 e. The second-order valence-corrected chi connectivity index (χ2v) is 5.55. The van der Waals surface area contributed by atoms with E-state index in [2.05, 4.69) is 0 Å². The molecule has 2 amide bonds. The minimum absolute atomic E-state index is 0.189. The Hall–Kier alpha value is -2.30. The fourth-order valence-corrected chi connectivity index (χ4v) is 2.68. The standard InChI is InChI=1S/C14H12F6N2O3/c1-6(23)9-10(7-2-4-8(5-3-7)13(15,16)17)21-11(24)22-12(9,25)14(18,19)20/h2-5,9-10,25H,1H3,(H2,21,22,24)/t9-,10-,12+/m1/s1. The van der Waals surface area contributed by atoms with Crippen molar-refractivity contribution < 1.29 is 41.0 Å². The number of hydrogen-bond acceptors (Lipinski definition) is 3. The van der Waals surface area contributed by atoms with Gasteiger partial charge in [-0.15, -0.1) is 0 Å². The first kappa shape index (κ1) is 19.0. The van der Waals surface area contributed by atoms with E-state index in [4.69, 9.17) is 0 Å². The summed E-state index contributed by atoms with van der Waals surface area (Å²) < 4.78 is 77.4. The maximum absolute atomic E-state index is 13.2. The molecule has 1 heterocycles. The van der Waals surface area contributed by atoms with E-state index >= 15 is 0 Å². The van der Waals surface area contributed by atoms with Crippen LogP contribution in [0.1, 0.15) is 24.1 Å². The Kier molecular flexibility index (Phi) is 4.49. The summed E-state index contributed by atoms with van der Waals surface area (Å²) in [4.78, 5) is 23.3. The molecule has 0 radical (unpaired) electrons. The second-order valence-electron chi connectivity index (χ2n) is 5.55. The summed E-state index contributed by atoms with van der Waals surface area (Å²) in [7, 11) is 0. The smallest absolute Gasteiger partial charge is 0.363 e. The van der Waals surface area contributed by atoms with Gasteiger partial charge in [0, 0.05) is 0 Å². The van der Waals surface area contributed by atoms with Gasteiger partial charge >= 0.3 is 18.4 Å². The van der Waals surface area contributed by atoms with Crippen LogP contribution in [-0.2, 0) is 11.0 Å². The van der Waals surface area contributed by atoms with Crippen molar-refractivity contribution in [3.05, 3.63) is 35.4 Å². The monoisotopic (exact) mass is 370 g/mol. The summed E-state index contributed by atoms with van der Waals surface area (Å²) in [5, 5.41) is 13.2. The number of nitrogens with one attached hydrogen (secondary N) is 2. The van der Waals surface area contributed by atoms with Crippen LogP contribution in [0.15, 0.2) is 24.3 Å². The Labute approximate surface area is 137 Å². The van der Waals surface area contributed by atoms with Crippen molar-refractivity contribution in [2.45, 2.75) is 31.0 Å². The van der Waals surface area contributed by atoms with Crippen LogP contribution in [0.5, 0.6) is 0 Å². The van der Waals surface area contributed by atoms with Gasteiger partial charge in [-0.3, -0.25) is 4.79 Å². The number of urea groups is 1. The van der Waals surface area contributed by atoms with Gasteiger partial charge in [0.1, 0.15) is 5.78 Å². The van der Waals surface area contributed by atoms with Gasteiger partial charge in [-0.25, -0.2) is 4.79 Å². The number of benzene rings is 1.